The fourth-order valence-corrected chi connectivity index (χ4v) is 2.76. The molecule has 0 saturated carbocycles. The van der Waals surface area contributed by atoms with E-state index in [0.29, 0.717) is 26.2 Å². The number of rotatable bonds is 8. The van der Waals surface area contributed by atoms with Crippen LogP contribution < -0.4 is 21.1 Å². The number of carbonyl (C=O) groups excluding carboxylic acids is 3. The minimum absolute atomic E-state index is 0.0318. The fourth-order valence-electron chi connectivity index (χ4n) is 2.76. The zero-order chi connectivity index (χ0) is 18.2. The first kappa shape index (κ1) is 18.7. The van der Waals surface area contributed by atoms with Crippen molar-refractivity contribution in [3.8, 4) is 5.75 Å². The van der Waals surface area contributed by atoms with Gasteiger partial charge >= 0.3 is 0 Å². The summed E-state index contributed by atoms with van der Waals surface area (Å²) in [5, 5.41) is 5.20. The molecule has 1 heterocycles. The second-order valence-corrected chi connectivity index (χ2v) is 5.77. The van der Waals surface area contributed by atoms with Gasteiger partial charge in [-0.2, -0.15) is 0 Å². The van der Waals surface area contributed by atoms with Crippen molar-refractivity contribution in [3.05, 3.63) is 29.8 Å². The maximum absolute atomic E-state index is 12.2. The molecular formula is C17H24N4O4. The van der Waals surface area contributed by atoms with Gasteiger partial charge in [0, 0.05) is 25.2 Å². The Bertz CT molecular complexity index is 635. The lowest BCUT2D eigenvalue weighted by Crippen LogP contribution is -2.56. The topological polar surface area (TPSA) is 114 Å². The van der Waals surface area contributed by atoms with Crippen LogP contribution in [0.5, 0.6) is 5.75 Å². The molecule has 1 unspecified atom stereocenters. The zero-order valence-electron chi connectivity index (χ0n) is 14.3. The monoisotopic (exact) mass is 348 g/mol. The molecule has 0 aliphatic carbocycles. The number of para-hydroxylation sites is 1. The first-order chi connectivity index (χ1) is 12.0. The van der Waals surface area contributed by atoms with Gasteiger partial charge in [0.15, 0.2) is 0 Å². The smallest absolute Gasteiger partial charge is 0.237 e. The van der Waals surface area contributed by atoms with E-state index in [0.717, 1.165) is 11.3 Å². The van der Waals surface area contributed by atoms with Crippen molar-refractivity contribution in [2.24, 2.45) is 5.73 Å². The maximum Gasteiger partial charge on any atom is 0.237 e. The Hall–Kier alpha value is -2.61. The molecule has 0 aromatic heterocycles. The van der Waals surface area contributed by atoms with Crippen LogP contribution in [0.15, 0.2) is 24.3 Å². The Morgan fingerprint density at radius 3 is 2.88 bits per heavy atom. The van der Waals surface area contributed by atoms with E-state index in [1.807, 2.05) is 36.1 Å². The van der Waals surface area contributed by atoms with E-state index in [4.69, 9.17) is 10.5 Å². The van der Waals surface area contributed by atoms with Gasteiger partial charge in [0.1, 0.15) is 5.75 Å². The standard InChI is InChI=1S/C17H24N4O4/c1-2-25-14-6-4-3-5-12(14)11-21-8-7-19-17(24)13(21)9-16(23)20-10-15(18)22/h3-6,13H,2,7-11H2,1H3,(H2,18,22)(H,19,24)(H,20,23). The number of amides is 3. The summed E-state index contributed by atoms with van der Waals surface area (Å²) in [5.41, 5.74) is 5.98. The maximum atomic E-state index is 12.2. The Labute approximate surface area is 146 Å². The third kappa shape index (κ3) is 5.46. The SMILES string of the molecule is CCOc1ccccc1CN1CCNC(=O)C1CC(=O)NCC(N)=O. The number of ether oxygens (including phenoxy) is 1. The summed E-state index contributed by atoms with van der Waals surface area (Å²) in [7, 11) is 0. The summed E-state index contributed by atoms with van der Waals surface area (Å²) in [6.45, 7) is 3.88. The summed E-state index contributed by atoms with van der Waals surface area (Å²) in [5.74, 6) is -0.435. The lowest BCUT2D eigenvalue weighted by atomic mass is 10.1. The molecule has 1 aromatic rings. The first-order valence-electron chi connectivity index (χ1n) is 8.28. The molecule has 0 bridgehead atoms. The van der Waals surface area contributed by atoms with Crippen LogP contribution in [0.25, 0.3) is 0 Å². The van der Waals surface area contributed by atoms with Crippen LogP contribution in [0.1, 0.15) is 18.9 Å². The number of primary amides is 1. The van der Waals surface area contributed by atoms with E-state index in [9.17, 15) is 14.4 Å². The van der Waals surface area contributed by atoms with Gasteiger partial charge in [-0.3, -0.25) is 19.3 Å². The highest BCUT2D eigenvalue weighted by atomic mass is 16.5. The quantitative estimate of drug-likeness (QED) is 0.579. The molecule has 25 heavy (non-hydrogen) atoms. The van der Waals surface area contributed by atoms with Gasteiger partial charge in [0.25, 0.3) is 0 Å². The number of nitrogens with one attached hydrogen (secondary N) is 2. The van der Waals surface area contributed by atoms with E-state index in [1.165, 1.54) is 0 Å². The van der Waals surface area contributed by atoms with Crippen molar-refractivity contribution in [2.75, 3.05) is 26.2 Å². The Balaban J connectivity index is 2.07. The number of hydrogen-bond donors (Lipinski definition) is 3. The van der Waals surface area contributed by atoms with Crippen molar-refractivity contribution in [3.63, 3.8) is 0 Å². The lowest BCUT2D eigenvalue weighted by Gasteiger charge is -2.35. The molecule has 1 aliphatic rings. The van der Waals surface area contributed by atoms with Crippen LogP contribution >= 0.6 is 0 Å². The van der Waals surface area contributed by atoms with Gasteiger partial charge < -0.3 is 21.1 Å². The van der Waals surface area contributed by atoms with E-state index >= 15 is 0 Å². The highest BCUT2D eigenvalue weighted by Gasteiger charge is 2.32. The first-order valence-corrected chi connectivity index (χ1v) is 8.28. The van der Waals surface area contributed by atoms with Crippen LogP contribution in [0, 0.1) is 0 Å². The van der Waals surface area contributed by atoms with Crippen molar-refractivity contribution >= 4 is 17.7 Å². The predicted molar refractivity (Wildman–Crippen MR) is 91.6 cm³/mol. The summed E-state index contributed by atoms with van der Waals surface area (Å²) < 4.78 is 5.63. The molecule has 8 nitrogen and oxygen atoms in total. The highest BCUT2D eigenvalue weighted by molar-refractivity contribution is 5.90. The summed E-state index contributed by atoms with van der Waals surface area (Å²) in [6.07, 6.45) is -0.0318. The van der Waals surface area contributed by atoms with Crippen LogP contribution in [-0.2, 0) is 20.9 Å². The summed E-state index contributed by atoms with van der Waals surface area (Å²) >= 11 is 0. The molecule has 1 saturated heterocycles. The van der Waals surface area contributed by atoms with E-state index in [1.54, 1.807) is 0 Å². The molecule has 0 spiro atoms. The van der Waals surface area contributed by atoms with E-state index < -0.39 is 11.9 Å². The number of hydrogen-bond acceptors (Lipinski definition) is 5. The molecule has 1 aromatic carbocycles. The molecule has 1 fully saturated rings. The molecule has 1 atom stereocenters. The Morgan fingerprint density at radius 1 is 1.40 bits per heavy atom. The average molecular weight is 348 g/mol. The van der Waals surface area contributed by atoms with Gasteiger partial charge in [-0.1, -0.05) is 18.2 Å². The minimum atomic E-state index is -0.621. The molecular weight excluding hydrogens is 324 g/mol. The summed E-state index contributed by atoms with van der Waals surface area (Å²) in [4.78, 5) is 36.9. The number of nitrogens with zero attached hydrogens (tertiary/aromatic N) is 1. The van der Waals surface area contributed by atoms with Crippen LogP contribution in [0.2, 0.25) is 0 Å². The highest BCUT2D eigenvalue weighted by Crippen LogP contribution is 2.22. The molecule has 1 aliphatic heterocycles. The van der Waals surface area contributed by atoms with Crippen molar-refractivity contribution in [1.29, 1.82) is 0 Å². The van der Waals surface area contributed by atoms with Crippen LogP contribution in [0.3, 0.4) is 0 Å². The molecule has 4 N–H and O–H groups in total. The van der Waals surface area contributed by atoms with E-state index in [-0.39, 0.29) is 24.8 Å². The predicted octanol–water partition coefficient (Wildman–Crippen LogP) is -0.623. The molecule has 136 valence electrons. The van der Waals surface area contributed by atoms with Crippen molar-refractivity contribution < 1.29 is 19.1 Å². The van der Waals surface area contributed by atoms with Gasteiger partial charge in [0.05, 0.1) is 25.6 Å². The van der Waals surface area contributed by atoms with E-state index in [2.05, 4.69) is 10.6 Å². The third-order valence-electron chi connectivity index (χ3n) is 3.93. The Kier molecular flexibility index (Phi) is 6.76. The molecule has 2 rings (SSSR count). The number of carbonyl (C=O) groups is 3. The van der Waals surface area contributed by atoms with Gasteiger partial charge in [-0.15, -0.1) is 0 Å². The minimum Gasteiger partial charge on any atom is -0.494 e. The lowest BCUT2D eigenvalue weighted by molar-refractivity contribution is -0.134. The summed E-state index contributed by atoms with van der Waals surface area (Å²) in [6, 6.07) is 7.04. The van der Waals surface area contributed by atoms with Gasteiger partial charge in [-0.25, -0.2) is 0 Å². The third-order valence-corrected chi connectivity index (χ3v) is 3.93. The normalized spacial score (nSPS) is 17.6. The largest absolute Gasteiger partial charge is 0.494 e. The molecule has 0 radical (unpaired) electrons. The second kappa shape index (κ2) is 9.03. The van der Waals surface area contributed by atoms with Crippen LogP contribution in [-0.4, -0.2) is 54.9 Å². The zero-order valence-corrected chi connectivity index (χ0v) is 14.3. The van der Waals surface area contributed by atoms with Gasteiger partial charge in [0.2, 0.25) is 17.7 Å². The number of piperazine rings is 1. The molecule has 8 heteroatoms. The average Bonchev–Trinajstić information content (AvgIpc) is 2.58. The molecule has 3 amide bonds. The second-order valence-electron chi connectivity index (χ2n) is 5.77. The fraction of sp³-hybridized carbons (Fsp3) is 0.471. The number of benzene rings is 1. The number of nitrogens with two attached hydrogens (primary N) is 1. The van der Waals surface area contributed by atoms with Crippen LogP contribution in [0.4, 0.5) is 0 Å². The van der Waals surface area contributed by atoms with Crippen molar-refractivity contribution in [1.82, 2.24) is 15.5 Å². The van der Waals surface area contributed by atoms with Crippen molar-refractivity contribution in [2.45, 2.75) is 25.9 Å². The van der Waals surface area contributed by atoms with Gasteiger partial charge in [-0.05, 0) is 13.0 Å². The Morgan fingerprint density at radius 2 is 2.16 bits per heavy atom.